The Kier molecular flexibility index (Phi) is 3.46. The number of rotatable bonds is 3. The molecular formula is C9H8BrFO3. The second kappa shape index (κ2) is 4.41. The van der Waals surface area contributed by atoms with Gasteiger partial charge in [0.15, 0.2) is 11.6 Å². The first-order chi connectivity index (χ1) is 6.56. The third-order valence-corrected chi connectivity index (χ3v) is 1.99. The van der Waals surface area contributed by atoms with E-state index < -0.39 is 11.8 Å². The first kappa shape index (κ1) is 11.0. The molecule has 1 aromatic carbocycles. The summed E-state index contributed by atoms with van der Waals surface area (Å²) in [7, 11) is 0. The summed E-state index contributed by atoms with van der Waals surface area (Å²) in [5.41, 5.74) is -0.182. The van der Waals surface area contributed by atoms with Gasteiger partial charge in [0.1, 0.15) is 5.56 Å². The van der Waals surface area contributed by atoms with Gasteiger partial charge in [-0.2, -0.15) is 0 Å². The molecule has 1 rings (SSSR count). The minimum atomic E-state index is -1.21. The van der Waals surface area contributed by atoms with Crippen molar-refractivity contribution in [3.05, 3.63) is 28.0 Å². The fourth-order valence-electron chi connectivity index (χ4n) is 1.01. The summed E-state index contributed by atoms with van der Waals surface area (Å²) >= 11 is 3.01. The first-order valence-electron chi connectivity index (χ1n) is 3.91. The molecule has 1 aromatic rings. The first-order valence-corrected chi connectivity index (χ1v) is 4.70. The van der Waals surface area contributed by atoms with Crippen molar-refractivity contribution in [3.63, 3.8) is 0 Å². The highest BCUT2D eigenvalue weighted by Gasteiger charge is 2.16. The van der Waals surface area contributed by atoms with Gasteiger partial charge in [-0.15, -0.1) is 0 Å². The van der Waals surface area contributed by atoms with Crippen molar-refractivity contribution in [2.75, 3.05) is 6.61 Å². The summed E-state index contributed by atoms with van der Waals surface area (Å²) in [5.74, 6) is -2.12. The van der Waals surface area contributed by atoms with Gasteiger partial charge in [-0.25, -0.2) is 9.18 Å². The molecule has 0 aliphatic rings. The van der Waals surface area contributed by atoms with Crippen LogP contribution in [0.25, 0.3) is 0 Å². The van der Waals surface area contributed by atoms with Gasteiger partial charge in [-0.1, -0.05) is 15.9 Å². The lowest BCUT2D eigenvalue weighted by Gasteiger charge is -2.08. The molecule has 1 N–H and O–H groups in total. The average molecular weight is 263 g/mol. The van der Waals surface area contributed by atoms with Crippen molar-refractivity contribution in [2.45, 2.75) is 6.92 Å². The zero-order valence-electron chi connectivity index (χ0n) is 7.38. The van der Waals surface area contributed by atoms with E-state index in [9.17, 15) is 9.18 Å². The number of benzene rings is 1. The molecule has 0 saturated carbocycles. The third-order valence-electron chi connectivity index (χ3n) is 1.53. The number of aromatic carboxylic acids is 1. The Morgan fingerprint density at radius 2 is 2.29 bits per heavy atom. The summed E-state index contributed by atoms with van der Waals surface area (Å²) in [5, 5.41) is 8.77. The summed E-state index contributed by atoms with van der Waals surface area (Å²) < 4.78 is 18.5. The number of carboxylic acid groups (broad SMARTS) is 1. The third kappa shape index (κ3) is 2.23. The summed E-state index contributed by atoms with van der Waals surface area (Å²) in [6.45, 7) is 1.88. The lowest BCUT2D eigenvalue weighted by atomic mass is 10.2. The van der Waals surface area contributed by atoms with Crippen LogP contribution < -0.4 is 4.74 Å². The number of hydrogen-bond acceptors (Lipinski definition) is 2. The Bertz CT molecular complexity index is 365. The van der Waals surface area contributed by atoms with Crippen LogP contribution in [-0.4, -0.2) is 17.7 Å². The highest BCUT2D eigenvalue weighted by molar-refractivity contribution is 9.10. The molecule has 14 heavy (non-hydrogen) atoms. The van der Waals surface area contributed by atoms with Crippen LogP contribution in [0, 0.1) is 5.82 Å². The number of ether oxygens (including phenoxy) is 1. The zero-order chi connectivity index (χ0) is 10.7. The van der Waals surface area contributed by atoms with Gasteiger partial charge in [-0.3, -0.25) is 0 Å². The fraction of sp³-hybridized carbons (Fsp3) is 0.222. The molecule has 0 spiro atoms. The van der Waals surface area contributed by atoms with Gasteiger partial charge in [0.25, 0.3) is 0 Å². The van der Waals surface area contributed by atoms with E-state index in [0.29, 0.717) is 4.47 Å². The van der Waals surface area contributed by atoms with Crippen molar-refractivity contribution in [1.82, 2.24) is 0 Å². The van der Waals surface area contributed by atoms with Gasteiger partial charge in [0.05, 0.1) is 6.61 Å². The van der Waals surface area contributed by atoms with E-state index in [0.717, 1.165) is 6.07 Å². The molecule has 0 heterocycles. The smallest absolute Gasteiger partial charge is 0.339 e. The Balaban J connectivity index is 3.28. The van der Waals surface area contributed by atoms with E-state index in [1.165, 1.54) is 6.07 Å². The van der Waals surface area contributed by atoms with Crippen LogP contribution in [0.4, 0.5) is 4.39 Å². The molecule has 0 unspecified atom stereocenters. The molecule has 0 fully saturated rings. The Morgan fingerprint density at radius 3 is 2.79 bits per heavy atom. The predicted octanol–water partition coefficient (Wildman–Crippen LogP) is 2.69. The van der Waals surface area contributed by atoms with Crippen LogP contribution in [0.3, 0.4) is 0 Å². The highest BCUT2D eigenvalue weighted by Crippen LogP contribution is 2.27. The molecular weight excluding hydrogens is 255 g/mol. The van der Waals surface area contributed by atoms with Gasteiger partial charge < -0.3 is 9.84 Å². The van der Waals surface area contributed by atoms with E-state index >= 15 is 0 Å². The Morgan fingerprint density at radius 1 is 1.64 bits per heavy atom. The molecule has 0 bridgehead atoms. The Labute approximate surface area is 88.6 Å². The molecule has 3 nitrogen and oxygen atoms in total. The number of carboxylic acids is 1. The number of halogens is 2. The molecule has 5 heteroatoms. The fourth-order valence-corrected chi connectivity index (χ4v) is 1.44. The minimum absolute atomic E-state index is 0.182. The van der Waals surface area contributed by atoms with Gasteiger partial charge in [-0.05, 0) is 19.1 Å². The number of carbonyl (C=O) groups is 1. The SMILES string of the molecule is CCOc1c(F)cc(Br)cc1C(=O)O. The zero-order valence-corrected chi connectivity index (χ0v) is 8.97. The second-order valence-electron chi connectivity index (χ2n) is 2.50. The monoisotopic (exact) mass is 262 g/mol. The van der Waals surface area contributed by atoms with Crippen LogP contribution in [0.2, 0.25) is 0 Å². The van der Waals surface area contributed by atoms with Crippen molar-refractivity contribution in [3.8, 4) is 5.75 Å². The average Bonchev–Trinajstić information content (AvgIpc) is 2.09. The molecule has 0 aliphatic heterocycles. The maximum absolute atomic E-state index is 13.2. The highest BCUT2D eigenvalue weighted by atomic mass is 79.9. The molecule has 76 valence electrons. The maximum atomic E-state index is 13.2. The van der Waals surface area contributed by atoms with Crippen LogP contribution in [0.5, 0.6) is 5.75 Å². The lowest BCUT2D eigenvalue weighted by Crippen LogP contribution is -2.05. The van der Waals surface area contributed by atoms with E-state index in [2.05, 4.69) is 15.9 Å². The molecule has 0 aliphatic carbocycles. The quantitative estimate of drug-likeness (QED) is 0.911. The van der Waals surface area contributed by atoms with Crippen molar-refractivity contribution in [2.24, 2.45) is 0 Å². The summed E-state index contributed by atoms with van der Waals surface area (Å²) in [6, 6.07) is 2.47. The molecule has 0 amide bonds. The Hall–Kier alpha value is -1.10. The topological polar surface area (TPSA) is 46.5 Å². The summed E-state index contributed by atoms with van der Waals surface area (Å²) in [4.78, 5) is 10.7. The van der Waals surface area contributed by atoms with E-state index in [-0.39, 0.29) is 17.9 Å². The van der Waals surface area contributed by atoms with Gasteiger partial charge >= 0.3 is 5.97 Å². The second-order valence-corrected chi connectivity index (χ2v) is 3.42. The standard InChI is InChI=1S/C9H8BrFO3/c1-2-14-8-6(9(12)13)3-5(10)4-7(8)11/h3-4H,2H2,1H3,(H,12,13). The summed E-state index contributed by atoms with van der Waals surface area (Å²) in [6.07, 6.45) is 0. The number of hydrogen-bond donors (Lipinski definition) is 1. The van der Waals surface area contributed by atoms with E-state index in [1.807, 2.05) is 0 Å². The maximum Gasteiger partial charge on any atom is 0.339 e. The van der Waals surface area contributed by atoms with Crippen molar-refractivity contribution < 1.29 is 19.0 Å². The normalized spacial score (nSPS) is 9.93. The molecule has 0 atom stereocenters. The van der Waals surface area contributed by atoms with Gasteiger partial charge in [0, 0.05) is 4.47 Å². The van der Waals surface area contributed by atoms with Crippen LogP contribution in [0.15, 0.2) is 16.6 Å². The van der Waals surface area contributed by atoms with Crippen molar-refractivity contribution in [1.29, 1.82) is 0 Å². The molecule has 0 radical (unpaired) electrons. The largest absolute Gasteiger partial charge is 0.490 e. The van der Waals surface area contributed by atoms with Crippen LogP contribution in [-0.2, 0) is 0 Å². The van der Waals surface area contributed by atoms with Crippen molar-refractivity contribution >= 4 is 21.9 Å². The molecule has 0 aromatic heterocycles. The molecule has 0 saturated heterocycles. The van der Waals surface area contributed by atoms with Crippen LogP contribution in [0.1, 0.15) is 17.3 Å². The van der Waals surface area contributed by atoms with Gasteiger partial charge in [0.2, 0.25) is 0 Å². The van der Waals surface area contributed by atoms with Crippen LogP contribution >= 0.6 is 15.9 Å². The van der Waals surface area contributed by atoms with E-state index in [1.54, 1.807) is 6.92 Å². The minimum Gasteiger partial charge on any atom is -0.490 e. The van der Waals surface area contributed by atoms with E-state index in [4.69, 9.17) is 9.84 Å². The lowest BCUT2D eigenvalue weighted by molar-refractivity contribution is 0.0691. The predicted molar refractivity (Wildman–Crippen MR) is 52.2 cm³/mol.